The molecule has 0 aliphatic carbocycles. The molecule has 1 amide bonds. The highest BCUT2D eigenvalue weighted by Gasteiger charge is 2.26. The first kappa shape index (κ1) is 14.8. The number of hydrogen-bond acceptors (Lipinski definition) is 6. The second-order valence-electron chi connectivity index (χ2n) is 5.22. The maximum atomic E-state index is 12.0. The van der Waals surface area contributed by atoms with Crippen molar-refractivity contribution in [3.63, 3.8) is 0 Å². The molecule has 2 N–H and O–H groups in total. The summed E-state index contributed by atoms with van der Waals surface area (Å²) in [6, 6.07) is 4.07. The molecular weight excluding hydrogens is 298 g/mol. The van der Waals surface area contributed by atoms with Crippen LogP contribution in [0.3, 0.4) is 0 Å². The topological polar surface area (TPSA) is 70.2 Å². The Kier molecular flexibility index (Phi) is 4.53. The largest absolute Gasteiger partial charge is 0.373 e. The van der Waals surface area contributed by atoms with Gasteiger partial charge in [0, 0.05) is 43.2 Å². The van der Waals surface area contributed by atoms with Gasteiger partial charge in [-0.2, -0.15) is 11.3 Å². The molecule has 2 aromatic heterocycles. The van der Waals surface area contributed by atoms with Crippen molar-refractivity contribution in [2.24, 2.45) is 0 Å². The van der Waals surface area contributed by atoms with Gasteiger partial charge in [0.2, 0.25) is 0 Å². The van der Waals surface area contributed by atoms with Crippen molar-refractivity contribution >= 4 is 28.9 Å². The van der Waals surface area contributed by atoms with Crippen molar-refractivity contribution in [2.75, 3.05) is 30.4 Å². The van der Waals surface area contributed by atoms with E-state index in [4.69, 9.17) is 0 Å². The van der Waals surface area contributed by atoms with Crippen LogP contribution in [0.2, 0.25) is 0 Å². The molecule has 0 bridgehead atoms. The van der Waals surface area contributed by atoms with Crippen molar-refractivity contribution in [2.45, 2.75) is 18.9 Å². The molecule has 0 radical (unpaired) electrons. The van der Waals surface area contributed by atoms with Crippen LogP contribution in [0.5, 0.6) is 0 Å². The average Bonchev–Trinajstić information content (AvgIpc) is 3.24. The van der Waals surface area contributed by atoms with E-state index in [-0.39, 0.29) is 11.9 Å². The molecule has 0 saturated carbocycles. The first-order chi connectivity index (χ1) is 10.8. The third-order valence-electron chi connectivity index (χ3n) is 3.86. The molecule has 1 fully saturated rings. The Labute approximate surface area is 133 Å². The first-order valence-corrected chi connectivity index (χ1v) is 8.29. The Morgan fingerprint density at radius 2 is 2.41 bits per heavy atom. The molecule has 7 heteroatoms. The van der Waals surface area contributed by atoms with Gasteiger partial charge in [-0.05, 0) is 24.3 Å². The normalized spacial score (nSPS) is 17.5. The van der Waals surface area contributed by atoms with Gasteiger partial charge in [-0.3, -0.25) is 4.79 Å². The maximum Gasteiger partial charge on any atom is 0.252 e. The number of aromatic nitrogens is 2. The molecule has 1 unspecified atom stereocenters. The average molecular weight is 317 g/mol. The number of nitrogens with one attached hydrogen (secondary N) is 2. The molecule has 22 heavy (non-hydrogen) atoms. The first-order valence-electron chi connectivity index (χ1n) is 7.35. The second-order valence-corrected chi connectivity index (χ2v) is 6.00. The van der Waals surface area contributed by atoms with Crippen LogP contribution in [0.4, 0.5) is 11.6 Å². The summed E-state index contributed by atoms with van der Waals surface area (Å²) in [7, 11) is 1.84. The summed E-state index contributed by atoms with van der Waals surface area (Å²) in [5, 5.41) is 9.83. The lowest BCUT2D eigenvalue weighted by Gasteiger charge is -2.26. The van der Waals surface area contributed by atoms with Gasteiger partial charge in [0.05, 0.1) is 0 Å². The zero-order chi connectivity index (χ0) is 15.4. The van der Waals surface area contributed by atoms with Crippen LogP contribution in [0.15, 0.2) is 29.2 Å². The SMILES string of the molecule is CNc1cc(N2CCCC2CNC(=O)c2ccsc2)ncn1. The monoisotopic (exact) mass is 317 g/mol. The fourth-order valence-corrected chi connectivity index (χ4v) is 3.33. The summed E-state index contributed by atoms with van der Waals surface area (Å²) in [5.41, 5.74) is 0.731. The van der Waals surface area contributed by atoms with Crippen LogP contribution in [0, 0.1) is 0 Å². The van der Waals surface area contributed by atoms with Crippen LogP contribution < -0.4 is 15.5 Å². The van der Waals surface area contributed by atoms with Crippen LogP contribution >= 0.6 is 11.3 Å². The van der Waals surface area contributed by atoms with E-state index >= 15 is 0 Å². The van der Waals surface area contributed by atoms with E-state index in [0.29, 0.717) is 6.54 Å². The molecule has 1 saturated heterocycles. The molecule has 1 aliphatic heterocycles. The number of carbonyl (C=O) groups is 1. The Morgan fingerprint density at radius 3 is 3.18 bits per heavy atom. The summed E-state index contributed by atoms with van der Waals surface area (Å²) in [6.45, 7) is 1.59. The molecule has 6 nitrogen and oxygen atoms in total. The highest BCUT2D eigenvalue weighted by Crippen LogP contribution is 2.24. The van der Waals surface area contributed by atoms with E-state index in [0.717, 1.165) is 36.6 Å². The molecule has 0 spiro atoms. The molecule has 3 heterocycles. The maximum absolute atomic E-state index is 12.0. The van der Waals surface area contributed by atoms with Gasteiger partial charge in [0.1, 0.15) is 18.0 Å². The Balaban J connectivity index is 1.64. The highest BCUT2D eigenvalue weighted by molar-refractivity contribution is 7.08. The van der Waals surface area contributed by atoms with Crippen LogP contribution in [-0.4, -0.2) is 42.1 Å². The molecule has 0 aromatic carbocycles. The lowest BCUT2D eigenvalue weighted by atomic mass is 10.2. The van der Waals surface area contributed by atoms with Crippen molar-refractivity contribution in [3.8, 4) is 0 Å². The number of anilines is 2. The second kappa shape index (κ2) is 6.74. The molecule has 3 rings (SSSR count). The Morgan fingerprint density at radius 1 is 1.50 bits per heavy atom. The highest BCUT2D eigenvalue weighted by atomic mass is 32.1. The molecule has 1 atom stereocenters. The van der Waals surface area contributed by atoms with Crippen LogP contribution in [-0.2, 0) is 0 Å². The fraction of sp³-hybridized carbons (Fsp3) is 0.400. The minimum Gasteiger partial charge on any atom is -0.373 e. The van der Waals surface area contributed by atoms with Crippen molar-refractivity contribution in [3.05, 3.63) is 34.8 Å². The lowest BCUT2D eigenvalue weighted by Crippen LogP contribution is -2.40. The lowest BCUT2D eigenvalue weighted by molar-refractivity contribution is 0.0952. The van der Waals surface area contributed by atoms with Gasteiger partial charge >= 0.3 is 0 Å². The van der Waals surface area contributed by atoms with Gasteiger partial charge in [0.25, 0.3) is 5.91 Å². The summed E-state index contributed by atoms with van der Waals surface area (Å²) >= 11 is 1.53. The number of amides is 1. The minimum absolute atomic E-state index is 0.00768. The third-order valence-corrected chi connectivity index (χ3v) is 4.55. The van der Waals surface area contributed by atoms with Gasteiger partial charge in [0.15, 0.2) is 0 Å². The standard InChI is InChI=1S/C15H19N5OS/c1-16-13-7-14(19-10-18-13)20-5-2-3-12(20)8-17-15(21)11-4-6-22-9-11/h4,6-7,9-10,12H,2-3,5,8H2,1H3,(H,17,21)(H,16,18,19). The van der Waals surface area contributed by atoms with E-state index in [1.165, 1.54) is 11.3 Å². The van der Waals surface area contributed by atoms with E-state index < -0.39 is 0 Å². The number of carbonyl (C=O) groups excluding carboxylic acids is 1. The summed E-state index contributed by atoms with van der Waals surface area (Å²) in [5.74, 6) is 1.70. The smallest absolute Gasteiger partial charge is 0.252 e. The summed E-state index contributed by atoms with van der Waals surface area (Å²) in [6.07, 6.45) is 3.74. The van der Waals surface area contributed by atoms with Gasteiger partial charge in [-0.15, -0.1) is 0 Å². The van der Waals surface area contributed by atoms with Gasteiger partial charge in [-0.25, -0.2) is 9.97 Å². The Bertz CT molecular complexity index is 631. The van der Waals surface area contributed by atoms with E-state index in [1.54, 1.807) is 6.33 Å². The number of nitrogens with zero attached hydrogens (tertiary/aromatic N) is 3. The van der Waals surface area contributed by atoms with Crippen LogP contribution in [0.1, 0.15) is 23.2 Å². The minimum atomic E-state index is -0.00768. The van der Waals surface area contributed by atoms with Crippen molar-refractivity contribution < 1.29 is 4.79 Å². The predicted octanol–water partition coefficient (Wildman–Crippen LogP) is 1.98. The molecule has 116 valence electrons. The van der Waals surface area contributed by atoms with Crippen LogP contribution in [0.25, 0.3) is 0 Å². The van der Waals surface area contributed by atoms with Gasteiger partial charge < -0.3 is 15.5 Å². The summed E-state index contributed by atoms with van der Waals surface area (Å²) < 4.78 is 0. The van der Waals surface area contributed by atoms with Crippen molar-refractivity contribution in [1.29, 1.82) is 0 Å². The van der Waals surface area contributed by atoms with E-state index in [1.807, 2.05) is 29.9 Å². The molecular formula is C15H19N5OS. The number of rotatable bonds is 5. The Hall–Kier alpha value is -2.15. The fourth-order valence-electron chi connectivity index (χ4n) is 2.70. The van der Waals surface area contributed by atoms with Gasteiger partial charge in [-0.1, -0.05) is 0 Å². The van der Waals surface area contributed by atoms with Crippen molar-refractivity contribution in [1.82, 2.24) is 15.3 Å². The third kappa shape index (κ3) is 3.19. The molecule has 2 aromatic rings. The van der Waals surface area contributed by atoms with E-state index in [2.05, 4.69) is 25.5 Å². The molecule has 1 aliphatic rings. The number of thiophene rings is 1. The zero-order valence-corrected chi connectivity index (χ0v) is 13.3. The quantitative estimate of drug-likeness (QED) is 0.882. The summed E-state index contributed by atoms with van der Waals surface area (Å²) in [4.78, 5) is 22.8. The zero-order valence-electron chi connectivity index (χ0n) is 12.5. The number of hydrogen-bond donors (Lipinski definition) is 2. The van der Waals surface area contributed by atoms with E-state index in [9.17, 15) is 4.79 Å². The predicted molar refractivity (Wildman–Crippen MR) is 88.6 cm³/mol.